The van der Waals surface area contributed by atoms with Crippen LogP contribution in [0, 0.1) is 13.8 Å². The van der Waals surface area contributed by atoms with E-state index in [0.29, 0.717) is 0 Å². The predicted molar refractivity (Wildman–Crippen MR) is 248 cm³/mol. The van der Waals surface area contributed by atoms with Crippen molar-refractivity contribution in [3.05, 3.63) is 186 Å². The molecule has 0 N–H and O–H groups in total. The molecular formula is C54H48N2Si. The second-order valence-electron chi connectivity index (χ2n) is 17.6. The van der Waals surface area contributed by atoms with Gasteiger partial charge in [-0.2, -0.15) is 0 Å². The van der Waals surface area contributed by atoms with Gasteiger partial charge in [-0.05, 0) is 102 Å². The highest BCUT2D eigenvalue weighted by molar-refractivity contribution is 6.88. The molecule has 1 aliphatic carbocycles. The lowest BCUT2D eigenvalue weighted by atomic mass is 9.81. The van der Waals surface area contributed by atoms with Gasteiger partial charge in [-0.3, -0.25) is 0 Å². The molecule has 0 unspecified atom stereocenters. The minimum absolute atomic E-state index is 0.254. The Hall–Kier alpha value is -6.16. The summed E-state index contributed by atoms with van der Waals surface area (Å²) >= 11 is 0. The van der Waals surface area contributed by atoms with Gasteiger partial charge < -0.3 is 9.47 Å². The maximum atomic E-state index is 2.51. The number of anilines is 3. The van der Waals surface area contributed by atoms with Gasteiger partial charge in [0.15, 0.2) is 0 Å². The first-order valence-electron chi connectivity index (χ1n) is 20.3. The van der Waals surface area contributed by atoms with Gasteiger partial charge in [0.1, 0.15) is 0 Å². The smallest absolute Gasteiger partial charge is 0.0776 e. The van der Waals surface area contributed by atoms with E-state index in [1.54, 1.807) is 0 Å². The topological polar surface area (TPSA) is 8.17 Å². The monoisotopic (exact) mass is 752 g/mol. The van der Waals surface area contributed by atoms with E-state index in [1.807, 2.05) is 0 Å². The fraction of sp³-hybridized carbons (Fsp3) is 0.148. The number of aryl methyl sites for hydroxylation is 2. The number of fused-ring (bicyclic) bond motifs is 8. The second-order valence-corrected chi connectivity index (χ2v) is 22.7. The molecule has 278 valence electrons. The molecule has 0 saturated heterocycles. The third kappa shape index (κ3) is 5.59. The number of hydrogen-bond donors (Lipinski definition) is 0. The third-order valence-corrected chi connectivity index (χ3v) is 14.5. The number of rotatable bonds is 6. The molecule has 0 fully saturated rings. The second kappa shape index (κ2) is 12.9. The summed E-state index contributed by atoms with van der Waals surface area (Å²) in [5.74, 6) is 0. The quantitative estimate of drug-likeness (QED) is 0.154. The molecule has 8 aromatic carbocycles. The molecule has 2 nitrogen and oxygen atoms in total. The SMILES string of the molecule is Cc1ccc(N(c2cccc([Si](C)(C)C)c2)c2cc3c(c4ccccc24)-c2ccc(-n4c5ccc(C)cc5c5cccc(-c6ccccc6)c54)cc2C3(C)C)cc1. The Morgan fingerprint density at radius 2 is 1.21 bits per heavy atom. The van der Waals surface area contributed by atoms with Crippen LogP contribution in [-0.2, 0) is 5.41 Å². The first kappa shape index (κ1) is 35.3. The maximum Gasteiger partial charge on any atom is 0.0776 e. The Morgan fingerprint density at radius 1 is 0.509 bits per heavy atom. The average Bonchev–Trinajstić information content (AvgIpc) is 3.66. The van der Waals surface area contributed by atoms with Crippen molar-refractivity contribution in [3.8, 4) is 27.9 Å². The van der Waals surface area contributed by atoms with E-state index in [9.17, 15) is 0 Å². The molecule has 0 spiro atoms. The molecule has 0 saturated carbocycles. The summed E-state index contributed by atoms with van der Waals surface area (Å²) in [4.78, 5) is 2.50. The Morgan fingerprint density at radius 3 is 1.98 bits per heavy atom. The summed E-state index contributed by atoms with van der Waals surface area (Å²) in [6.07, 6.45) is 0. The van der Waals surface area contributed by atoms with Crippen molar-refractivity contribution in [2.75, 3.05) is 4.90 Å². The summed E-state index contributed by atoms with van der Waals surface area (Å²) in [5, 5.41) is 6.58. The standard InChI is InChI=1S/C54H48N2Si/c1-35-23-26-38(27-24-35)55(39-17-13-18-41(32-39)57(5,6)7)51-34-49-52(44-20-12-11-19-43(44)51)46-29-28-40(33-48(46)54(49,3)4)56-50-30-25-36(2)31-47(50)45-22-14-21-42(53(45)56)37-15-9-8-10-16-37/h8-34H,1-7H3. The molecule has 3 heteroatoms. The zero-order valence-corrected chi connectivity index (χ0v) is 35.0. The summed E-state index contributed by atoms with van der Waals surface area (Å²) < 4.78 is 2.51. The number of hydrogen-bond acceptors (Lipinski definition) is 1. The van der Waals surface area contributed by atoms with E-state index < -0.39 is 8.07 Å². The van der Waals surface area contributed by atoms with Crippen molar-refractivity contribution in [1.82, 2.24) is 4.57 Å². The van der Waals surface area contributed by atoms with Gasteiger partial charge >= 0.3 is 0 Å². The average molecular weight is 753 g/mol. The molecule has 0 amide bonds. The maximum absolute atomic E-state index is 2.51. The molecule has 1 aromatic heterocycles. The van der Waals surface area contributed by atoms with Gasteiger partial charge in [-0.1, -0.05) is 159 Å². The molecular weight excluding hydrogens is 705 g/mol. The van der Waals surface area contributed by atoms with Gasteiger partial charge in [0.2, 0.25) is 0 Å². The highest BCUT2D eigenvalue weighted by Crippen LogP contribution is 2.55. The Kier molecular flexibility index (Phi) is 8.01. The van der Waals surface area contributed by atoms with Crippen molar-refractivity contribution in [2.24, 2.45) is 0 Å². The first-order valence-corrected chi connectivity index (χ1v) is 23.8. The van der Waals surface area contributed by atoms with E-state index >= 15 is 0 Å². The van der Waals surface area contributed by atoms with Crippen molar-refractivity contribution in [1.29, 1.82) is 0 Å². The van der Waals surface area contributed by atoms with Crippen molar-refractivity contribution >= 4 is 62.9 Å². The van der Waals surface area contributed by atoms with Crippen molar-refractivity contribution in [3.63, 3.8) is 0 Å². The van der Waals surface area contributed by atoms with Gasteiger partial charge in [-0.25, -0.2) is 0 Å². The van der Waals surface area contributed by atoms with Crippen LogP contribution >= 0.6 is 0 Å². The van der Waals surface area contributed by atoms with Crippen LogP contribution in [0.3, 0.4) is 0 Å². The van der Waals surface area contributed by atoms with Crippen LogP contribution in [0.25, 0.3) is 60.5 Å². The van der Waals surface area contributed by atoms with Crippen LogP contribution in [0.4, 0.5) is 17.1 Å². The number of nitrogens with zero attached hydrogens (tertiary/aromatic N) is 2. The predicted octanol–water partition coefficient (Wildman–Crippen LogP) is 14.5. The van der Waals surface area contributed by atoms with Crippen molar-refractivity contribution in [2.45, 2.75) is 52.8 Å². The van der Waals surface area contributed by atoms with Gasteiger partial charge in [0.25, 0.3) is 0 Å². The molecule has 0 aliphatic heterocycles. The third-order valence-electron chi connectivity index (χ3n) is 12.4. The minimum atomic E-state index is -1.58. The Labute approximate surface area is 337 Å². The van der Waals surface area contributed by atoms with Crippen molar-refractivity contribution < 1.29 is 0 Å². The van der Waals surface area contributed by atoms with Crippen LogP contribution in [0.1, 0.15) is 36.1 Å². The molecule has 57 heavy (non-hydrogen) atoms. The summed E-state index contributed by atoms with van der Waals surface area (Å²) in [6, 6.07) is 61.7. The highest BCUT2D eigenvalue weighted by Gasteiger charge is 2.38. The Balaban J connectivity index is 1.21. The van der Waals surface area contributed by atoms with Gasteiger partial charge in [0.05, 0.1) is 24.8 Å². The van der Waals surface area contributed by atoms with E-state index in [-0.39, 0.29) is 5.41 Å². The zero-order valence-electron chi connectivity index (χ0n) is 34.0. The van der Waals surface area contributed by atoms with Crippen LogP contribution in [-0.4, -0.2) is 12.6 Å². The molecule has 10 rings (SSSR count). The molecule has 1 aliphatic rings. The lowest BCUT2D eigenvalue weighted by Crippen LogP contribution is -2.37. The van der Waals surface area contributed by atoms with Crippen LogP contribution in [0.15, 0.2) is 164 Å². The number of aromatic nitrogens is 1. The highest BCUT2D eigenvalue weighted by atomic mass is 28.3. The minimum Gasteiger partial charge on any atom is -0.310 e. The molecule has 9 aromatic rings. The molecule has 0 radical (unpaired) electrons. The van der Waals surface area contributed by atoms with Gasteiger partial charge in [0, 0.05) is 44.2 Å². The molecule has 0 atom stereocenters. The fourth-order valence-electron chi connectivity index (χ4n) is 9.41. The van der Waals surface area contributed by atoms with E-state index in [4.69, 9.17) is 0 Å². The molecule has 1 heterocycles. The van der Waals surface area contributed by atoms with Crippen LogP contribution in [0.2, 0.25) is 19.6 Å². The van der Waals surface area contributed by atoms with E-state index in [1.165, 1.54) is 105 Å². The largest absolute Gasteiger partial charge is 0.310 e. The summed E-state index contributed by atoms with van der Waals surface area (Å²) in [7, 11) is -1.58. The summed E-state index contributed by atoms with van der Waals surface area (Å²) in [5.41, 5.74) is 17.4. The Bertz CT molecular complexity index is 3030. The first-order chi connectivity index (χ1) is 27.5. The number of benzene rings is 8. The van der Waals surface area contributed by atoms with Gasteiger partial charge in [-0.15, -0.1) is 0 Å². The summed E-state index contributed by atoms with van der Waals surface area (Å²) in [6.45, 7) is 16.5. The normalized spacial score (nSPS) is 13.3. The van der Waals surface area contributed by atoms with Crippen LogP contribution < -0.4 is 10.1 Å². The van der Waals surface area contributed by atoms with E-state index in [2.05, 4.69) is 221 Å². The lowest BCUT2D eigenvalue weighted by Gasteiger charge is -2.31. The zero-order chi connectivity index (χ0) is 39.2. The van der Waals surface area contributed by atoms with Crippen LogP contribution in [0.5, 0.6) is 0 Å². The number of para-hydroxylation sites is 1. The molecule has 0 bridgehead atoms. The van der Waals surface area contributed by atoms with E-state index in [0.717, 1.165) is 0 Å². The fourth-order valence-corrected chi connectivity index (χ4v) is 10.6. The lowest BCUT2D eigenvalue weighted by molar-refractivity contribution is 0.660.